The molecule has 1 aromatic heterocycles. The Morgan fingerprint density at radius 1 is 1.15 bits per heavy atom. The van der Waals surface area contributed by atoms with E-state index in [0.717, 1.165) is 0 Å². The number of hydrogen-bond acceptors (Lipinski definition) is 5. The lowest BCUT2D eigenvalue weighted by atomic mass is 10.1. The largest absolute Gasteiger partial charge is 0.343 e. The zero-order chi connectivity index (χ0) is 19.9. The van der Waals surface area contributed by atoms with E-state index in [4.69, 9.17) is 0 Å². The van der Waals surface area contributed by atoms with Crippen LogP contribution in [0, 0.1) is 0 Å². The lowest BCUT2D eigenvalue weighted by molar-refractivity contribution is 0.0935. The molecule has 1 aromatic carbocycles. The molecule has 0 bridgehead atoms. The second-order valence-electron chi connectivity index (χ2n) is 5.70. The third kappa shape index (κ3) is 5.52. The van der Waals surface area contributed by atoms with Crippen LogP contribution in [0.15, 0.2) is 53.7 Å². The molecule has 0 aliphatic heterocycles. The highest BCUT2D eigenvalue weighted by molar-refractivity contribution is 7.91. The van der Waals surface area contributed by atoms with Crippen molar-refractivity contribution in [3.05, 3.63) is 59.9 Å². The Balaban J connectivity index is 2.23. The molecule has 8 nitrogen and oxygen atoms in total. The van der Waals surface area contributed by atoms with E-state index in [-0.39, 0.29) is 29.1 Å². The first kappa shape index (κ1) is 20.4. The minimum Gasteiger partial charge on any atom is -0.343 e. The number of carbonyl (C=O) groups excluding carboxylic acids is 2. The van der Waals surface area contributed by atoms with Gasteiger partial charge in [0.05, 0.1) is 22.3 Å². The third-order valence-corrected chi connectivity index (χ3v) is 5.69. The Bertz CT molecular complexity index is 883. The van der Waals surface area contributed by atoms with Gasteiger partial charge in [-0.2, -0.15) is 0 Å². The Hall–Kier alpha value is -2.94. The van der Waals surface area contributed by atoms with Gasteiger partial charge in [-0.05, 0) is 29.8 Å². The van der Waals surface area contributed by atoms with Crippen LogP contribution in [0.1, 0.15) is 28.9 Å². The van der Waals surface area contributed by atoms with E-state index < -0.39 is 15.9 Å². The smallest absolute Gasteiger partial charge is 0.314 e. The predicted octanol–water partition coefficient (Wildman–Crippen LogP) is 1.28. The van der Waals surface area contributed by atoms with Crippen LogP contribution in [0.2, 0.25) is 0 Å². The fraction of sp³-hybridized carbons (Fsp3) is 0.278. The monoisotopic (exact) mass is 390 g/mol. The van der Waals surface area contributed by atoms with Crippen LogP contribution in [-0.2, 0) is 9.84 Å². The Labute approximate surface area is 158 Å². The molecule has 27 heavy (non-hydrogen) atoms. The van der Waals surface area contributed by atoms with E-state index in [1.54, 1.807) is 37.4 Å². The van der Waals surface area contributed by atoms with Gasteiger partial charge in [-0.15, -0.1) is 0 Å². The van der Waals surface area contributed by atoms with Gasteiger partial charge in [-0.25, -0.2) is 13.2 Å². The van der Waals surface area contributed by atoms with Crippen molar-refractivity contribution in [1.29, 1.82) is 0 Å². The molecule has 0 saturated heterocycles. The van der Waals surface area contributed by atoms with Crippen molar-refractivity contribution >= 4 is 21.8 Å². The molecule has 0 radical (unpaired) electrons. The lowest BCUT2D eigenvalue weighted by Crippen LogP contribution is -2.41. The maximum atomic E-state index is 12.4. The van der Waals surface area contributed by atoms with Crippen LogP contribution in [-0.4, -0.2) is 44.7 Å². The van der Waals surface area contributed by atoms with Crippen molar-refractivity contribution in [2.24, 2.45) is 0 Å². The number of pyridine rings is 1. The van der Waals surface area contributed by atoms with Gasteiger partial charge in [0.15, 0.2) is 9.84 Å². The average molecular weight is 390 g/mol. The maximum absolute atomic E-state index is 12.4. The molecule has 9 heteroatoms. The van der Waals surface area contributed by atoms with Crippen molar-refractivity contribution in [1.82, 2.24) is 20.9 Å². The highest BCUT2D eigenvalue weighted by atomic mass is 32.2. The quantitative estimate of drug-likeness (QED) is 0.658. The Kier molecular flexibility index (Phi) is 6.89. The minimum atomic E-state index is -3.31. The molecule has 0 saturated carbocycles. The number of nitrogens with one attached hydrogen (secondary N) is 3. The molecule has 2 aromatic rings. The van der Waals surface area contributed by atoms with Crippen molar-refractivity contribution in [2.75, 3.05) is 19.3 Å². The summed E-state index contributed by atoms with van der Waals surface area (Å²) in [7, 11) is -1.82. The van der Waals surface area contributed by atoms with E-state index >= 15 is 0 Å². The van der Waals surface area contributed by atoms with Gasteiger partial charge in [0.1, 0.15) is 0 Å². The molecule has 0 fully saturated rings. The second-order valence-corrected chi connectivity index (χ2v) is 7.98. The highest BCUT2D eigenvalue weighted by Crippen LogP contribution is 2.18. The second kappa shape index (κ2) is 9.13. The highest BCUT2D eigenvalue weighted by Gasteiger charge is 2.18. The molecular weight excluding hydrogens is 368 g/mol. The van der Waals surface area contributed by atoms with Crippen LogP contribution >= 0.6 is 0 Å². The summed E-state index contributed by atoms with van der Waals surface area (Å²) in [6, 6.07) is 8.59. The molecule has 0 spiro atoms. The predicted molar refractivity (Wildman–Crippen MR) is 101 cm³/mol. The molecule has 3 N–H and O–H groups in total. The summed E-state index contributed by atoms with van der Waals surface area (Å²) < 4.78 is 23.9. The number of nitrogens with zero attached hydrogens (tertiary/aromatic N) is 1. The van der Waals surface area contributed by atoms with Gasteiger partial charge < -0.3 is 16.0 Å². The van der Waals surface area contributed by atoms with Gasteiger partial charge in [0.25, 0.3) is 5.91 Å². The number of hydrogen-bond donors (Lipinski definition) is 3. The summed E-state index contributed by atoms with van der Waals surface area (Å²) in [5, 5.41) is 7.92. The number of amides is 3. The van der Waals surface area contributed by atoms with E-state index in [1.165, 1.54) is 25.4 Å². The first-order valence-corrected chi connectivity index (χ1v) is 10.0. The summed E-state index contributed by atoms with van der Waals surface area (Å²) >= 11 is 0. The van der Waals surface area contributed by atoms with Gasteiger partial charge in [0, 0.05) is 26.0 Å². The van der Waals surface area contributed by atoms with Crippen LogP contribution in [0.25, 0.3) is 0 Å². The standard InChI is InChI=1S/C18H22N4O4S/c1-3-27(25,26)15-8-6-13(7-9-15)16(12-21-18(24)19-2)22-17(23)14-5-4-10-20-11-14/h4-11,16H,3,12H2,1-2H3,(H,22,23)(H2,19,21,24)/t16-/m0/s1. The zero-order valence-corrected chi connectivity index (χ0v) is 15.9. The fourth-order valence-electron chi connectivity index (χ4n) is 2.35. The SMILES string of the molecule is CCS(=O)(=O)c1ccc([C@H](CNC(=O)NC)NC(=O)c2cccnc2)cc1. The van der Waals surface area contributed by atoms with E-state index in [9.17, 15) is 18.0 Å². The third-order valence-electron chi connectivity index (χ3n) is 3.94. The normalized spacial score (nSPS) is 12.1. The number of urea groups is 1. The number of sulfone groups is 1. The molecule has 144 valence electrons. The lowest BCUT2D eigenvalue weighted by Gasteiger charge is -2.20. The first-order valence-electron chi connectivity index (χ1n) is 8.36. The van der Waals surface area contributed by atoms with Gasteiger partial charge >= 0.3 is 6.03 Å². The van der Waals surface area contributed by atoms with Crippen LogP contribution in [0.3, 0.4) is 0 Å². The molecule has 1 atom stereocenters. The van der Waals surface area contributed by atoms with Crippen LogP contribution in [0.5, 0.6) is 0 Å². The van der Waals surface area contributed by atoms with E-state index in [1.807, 2.05) is 0 Å². The van der Waals surface area contributed by atoms with Crippen LogP contribution < -0.4 is 16.0 Å². The first-order chi connectivity index (χ1) is 12.9. The molecule has 2 rings (SSSR count). The number of rotatable bonds is 7. The molecule has 3 amide bonds. The van der Waals surface area contributed by atoms with Crippen molar-refractivity contribution in [3.8, 4) is 0 Å². The van der Waals surface area contributed by atoms with E-state index in [2.05, 4.69) is 20.9 Å². The Morgan fingerprint density at radius 3 is 2.41 bits per heavy atom. The molecule has 0 aliphatic carbocycles. The summed E-state index contributed by atoms with van der Waals surface area (Å²) in [5.41, 5.74) is 1.05. The minimum absolute atomic E-state index is 0.00570. The van der Waals surface area contributed by atoms with E-state index in [0.29, 0.717) is 11.1 Å². The summed E-state index contributed by atoms with van der Waals surface area (Å²) in [4.78, 5) is 28.1. The zero-order valence-electron chi connectivity index (χ0n) is 15.1. The van der Waals surface area contributed by atoms with Crippen molar-refractivity contribution in [2.45, 2.75) is 17.9 Å². The number of benzene rings is 1. The maximum Gasteiger partial charge on any atom is 0.314 e. The molecule has 0 aliphatic rings. The van der Waals surface area contributed by atoms with Crippen LogP contribution in [0.4, 0.5) is 4.79 Å². The van der Waals surface area contributed by atoms with Gasteiger partial charge in [-0.1, -0.05) is 19.1 Å². The number of carbonyl (C=O) groups is 2. The van der Waals surface area contributed by atoms with Gasteiger partial charge in [0.2, 0.25) is 0 Å². The van der Waals surface area contributed by atoms with Crippen molar-refractivity contribution < 1.29 is 18.0 Å². The van der Waals surface area contributed by atoms with Gasteiger partial charge in [-0.3, -0.25) is 9.78 Å². The average Bonchev–Trinajstić information content (AvgIpc) is 2.71. The fourth-order valence-corrected chi connectivity index (χ4v) is 3.23. The molecule has 0 unspecified atom stereocenters. The number of aromatic nitrogens is 1. The molecule has 1 heterocycles. The summed E-state index contributed by atoms with van der Waals surface area (Å²) in [6.45, 7) is 1.71. The summed E-state index contributed by atoms with van der Waals surface area (Å²) in [6.07, 6.45) is 3.00. The van der Waals surface area contributed by atoms with Crippen molar-refractivity contribution in [3.63, 3.8) is 0 Å². The topological polar surface area (TPSA) is 117 Å². The summed E-state index contributed by atoms with van der Waals surface area (Å²) in [5.74, 6) is -0.344. The Morgan fingerprint density at radius 2 is 1.85 bits per heavy atom. The molecular formula is C18H22N4O4S.